The highest BCUT2D eigenvalue weighted by atomic mass is 32.1. The second-order valence-electron chi connectivity index (χ2n) is 9.22. The lowest BCUT2D eigenvalue weighted by atomic mass is 10.0. The number of thiocarbonyl (C=S) groups is 1. The van der Waals surface area contributed by atoms with Crippen LogP contribution in [0.25, 0.3) is 5.69 Å². The van der Waals surface area contributed by atoms with Crippen molar-refractivity contribution >= 4 is 34.6 Å². The van der Waals surface area contributed by atoms with Gasteiger partial charge in [-0.05, 0) is 79.8 Å². The summed E-state index contributed by atoms with van der Waals surface area (Å²) in [6, 6.07) is 23.4. The fourth-order valence-corrected chi connectivity index (χ4v) is 5.32. The Labute approximate surface area is 233 Å². The molecule has 9 heteroatoms. The number of aromatic nitrogens is 2. The number of nitrogens with zero attached hydrogens (tertiary/aromatic N) is 3. The topological polar surface area (TPSA) is 80.7 Å². The molecule has 4 aromatic rings. The molecule has 0 bridgehead atoms. The fraction of sp³-hybridized carbons (Fsp3) is 0.233. The molecule has 0 spiro atoms. The summed E-state index contributed by atoms with van der Waals surface area (Å²) in [5.74, 6) is 1.27. The molecule has 5 rings (SSSR count). The van der Waals surface area contributed by atoms with Crippen LogP contribution in [0, 0.1) is 6.92 Å². The van der Waals surface area contributed by atoms with Gasteiger partial charge in [-0.3, -0.25) is 9.78 Å². The van der Waals surface area contributed by atoms with Crippen molar-refractivity contribution in [2.75, 3.05) is 24.4 Å². The first-order valence-electron chi connectivity index (χ1n) is 12.8. The highest BCUT2D eigenvalue weighted by molar-refractivity contribution is 7.80. The summed E-state index contributed by atoms with van der Waals surface area (Å²) >= 11 is 5.93. The number of methoxy groups -OCH3 is 2. The van der Waals surface area contributed by atoms with Crippen LogP contribution in [0.1, 0.15) is 42.5 Å². The van der Waals surface area contributed by atoms with Crippen LogP contribution in [-0.4, -0.2) is 34.8 Å². The number of hydrogen-bond donors (Lipinski definition) is 2. The van der Waals surface area contributed by atoms with Gasteiger partial charge in [0.2, 0.25) is 5.91 Å². The van der Waals surface area contributed by atoms with Crippen LogP contribution < -0.4 is 25.0 Å². The zero-order valence-corrected chi connectivity index (χ0v) is 23.2. The van der Waals surface area contributed by atoms with E-state index in [9.17, 15) is 4.79 Å². The first-order valence-corrected chi connectivity index (χ1v) is 13.2. The predicted octanol–water partition coefficient (Wildman–Crippen LogP) is 5.72. The predicted molar refractivity (Wildman–Crippen MR) is 157 cm³/mol. The molecule has 1 aliphatic heterocycles. The lowest BCUT2D eigenvalue weighted by molar-refractivity contribution is -0.115. The van der Waals surface area contributed by atoms with E-state index in [0.717, 1.165) is 34.2 Å². The summed E-state index contributed by atoms with van der Waals surface area (Å²) in [6.45, 7) is 3.90. The summed E-state index contributed by atoms with van der Waals surface area (Å²) in [6.07, 6.45) is 2.17. The van der Waals surface area contributed by atoms with Crippen LogP contribution >= 0.6 is 12.2 Å². The van der Waals surface area contributed by atoms with E-state index >= 15 is 0 Å². The number of anilines is 2. The summed E-state index contributed by atoms with van der Waals surface area (Å²) in [4.78, 5) is 18.8. The van der Waals surface area contributed by atoms with Gasteiger partial charge in [0.05, 0.1) is 31.6 Å². The number of carbonyl (C=O) groups excluding carboxylic acids is 1. The zero-order valence-electron chi connectivity index (χ0n) is 22.3. The average molecular weight is 542 g/mol. The van der Waals surface area contributed by atoms with Crippen LogP contribution in [0.5, 0.6) is 11.5 Å². The van der Waals surface area contributed by atoms with E-state index in [0.29, 0.717) is 23.0 Å². The molecule has 2 atom stereocenters. The maximum Gasteiger partial charge on any atom is 0.224 e. The van der Waals surface area contributed by atoms with Gasteiger partial charge in [0.25, 0.3) is 0 Å². The molecule has 2 aromatic heterocycles. The third-order valence-electron chi connectivity index (χ3n) is 6.90. The number of ether oxygens (including phenoxy) is 2. The number of amides is 1. The number of aryl methyl sites for hydroxylation is 1. The third-order valence-corrected chi connectivity index (χ3v) is 7.21. The van der Waals surface area contributed by atoms with E-state index < -0.39 is 0 Å². The number of hydrogen-bond acceptors (Lipinski definition) is 5. The Kier molecular flexibility index (Phi) is 7.51. The van der Waals surface area contributed by atoms with Gasteiger partial charge in [-0.15, -0.1) is 0 Å². The Morgan fingerprint density at radius 1 is 1.03 bits per heavy atom. The average Bonchev–Trinajstić information content (AvgIpc) is 3.52. The van der Waals surface area contributed by atoms with Crippen LogP contribution in [0.15, 0.2) is 79.0 Å². The highest BCUT2D eigenvalue weighted by Gasteiger charge is 2.42. The molecule has 2 N–H and O–H groups in total. The maximum absolute atomic E-state index is 12.1. The molecule has 200 valence electrons. The largest absolute Gasteiger partial charge is 0.497 e. The number of rotatable bonds is 8. The molecule has 1 saturated heterocycles. The van der Waals surface area contributed by atoms with E-state index in [2.05, 4.69) is 44.1 Å². The summed E-state index contributed by atoms with van der Waals surface area (Å²) < 4.78 is 13.3. The molecule has 39 heavy (non-hydrogen) atoms. The van der Waals surface area contributed by atoms with E-state index in [1.165, 1.54) is 0 Å². The lowest BCUT2D eigenvalue weighted by Gasteiger charge is -2.30. The van der Waals surface area contributed by atoms with E-state index in [-0.39, 0.29) is 18.0 Å². The van der Waals surface area contributed by atoms with Crippen molar-refractivity contribution in [3.05, 3.63) is 96.1 Å². The zero-order chi connectivity index (χ0) is 27.5. The van der Waals surface area contributed by atoms with Crippen molar-refractivity contribution in [2.45, 2.75) is 32.4 Å². The molecule has 3 heterocycles. The SMILES string of the molecule is CCC(=O)Nc1ccc(N2C(=S)N[C@H](c3ccccn3)[C@H]2c2ccc(C)n2-c2ccc(OC)cc2)cc1OC. The van der Waals surface area contributed by atoms with Gasteiger partial charge in [-0.2, -0.15) is 0 Å². The monoisotopic (exact) mass is 541 g/mol. The Morgan fingerprint density at radius 3 is 2.46 bits per heavy atom. The number of benzene rings is 2. The summed E-state index contributed by atoms with van der Waals surface area (Å²) in [5.41, 5.74) is 5.47. The Bertz CT molecular complexity index is 1490. The van der Waals surface area contributed by atoms with E-state index in [1.807, 2.05) is 67.6 Å². The molecule has 1 fully saturated rings. The number of pyridine rings is 1. The molecule has 8 nitrogen and oxygen atoms in total. The summed E-state index contributed by atoms with van der Waals surface area (Å²) in [7, 11) is 3.25. The molecule has 1 amide bonds. The molecule has 1 aliphatic rings. The lowest BCUT2D eigenvalue weighted by Crippen LogP contribution is -2.30. The minimum Gasteiger partial charge on any atom is -0.497 e. The summed E-state index contributed by atoms with van der Waals surface area (Å²) in [5, 5.41) is 7.00. The molecule has 0 unspecified atom stereocenters. The standard InChI is InChI=1S/C30H31N5O3S/c1-5-27(36)32-23-15-12-21(18-26(23)38-4)35-29(28(33-30(35)39)24-8-6-7-17-31-24)25-16-9-19(2)34(25)20-10-13-22(37-3)14-11-20/h6-18,28-29H,5H2,1-4H3,(H,32,36)(H,33,39)/t28-,29-/m1/s1. The van der Waals surface area contributed by atoms with Gasteiger partial charge in [-0.25, -0.2) is 0 Å². The highest BCUT2D eigenvalue weighted by Crippen LogP contribution is 2.44. The van der Waals surface area contributed by atoms with E-state index in [4.69, 9.17) is 21.7 Å². The Balaban J connectivity index is 1.64. The van der Waals surface area contributed by atoms with Crippen molar-refractivity contribution in [1.82, 2.24) is 14.9 Å². The van der Waals surface area contributed by atoms with Crippen molar-refractivity contribution in [2.24, 2.45) is 0 Å². The molecular formula is C30H31N5O3S. The van der Waals surface area contributed by atoms with Crippen LogP contribution in [0.3, 0.4) is 0 Å². The Morgan fingerprint density at radius 2 is 1.79 bits per heavy atom. The minimum atomic E-state index is -0.232. The first-order chi connectivity index (χ1) is 18.9. The van der Waals surface area contributed by atoms with Crippen LogP contribution in [-0.2, 0) is 4.79 Å². The number of nitrogens with one attached hydrogen (secondary N) is 2. The molecule has 0 radical (unpaired) electrons. The maximum atomic E-state index is 12.1. The van der Waals surface area contributed by atoms with Gasteiger partial charge in [0.1, 0.15) is 17.5 Å². The van der Waals surface area contributed by atoms with Crippen molar-refractivity contribution in [3.63, 3.8) is 0 Å². The van der Waals surface area contributed by atoms with Crippen LogP contribution in [0.2, 0.25) is 0 Å². The van der Waals surface area contributed by atoms with Gasteiger partial charge >= 0.3 is 0 Å². The second-order valence-corrected chi connectivity index (χ2v) is 9.60. The Hall–Kier alpha value is -4.37. The second kappa shape index (κ2) is 11.2. The molecule has 0 saturated carbocycles. The van der Waals surface area contributed by atoms with E-state index in [1.54, 1.807) is 20.4 Å². The normalized spacial score (nSPS) is 16.6. The molecular weight excluding hydrogens is 510 g/mol. The van der Waals surface area contributed by atoms with Gasteiger partial charge < -0.3 is 29.6 Å². The quantitative estimate of drug-likeness (QED) is 0.276. The van der Waals surface area contributed by atoms with Crippen molar-refractivity contribution in [1.29, 1.82) is 0 Å². The van der Waals surface area contributed by atoms with Gasteiger partial charge in [0, 0.05) is 41.4 Å². The smallest absolute Gasteiger partial charge is 0.224 e. The van der Waals surface area contributed by atoms with Crippen LogP contribution in [0.4, 0.5) is 11.4 Å². The third kappa shape index (κ3) is 5.05. The fourth-order valence-electron chi connectivity index (χ4n) is 4.98. The molecule has 0 aliphatic carbocycles. The molecule has 2 aromatic carbocycles. The minimum absolute atomic E-state index is 0.0831. The van der Waals surface area contributed by atoms with Crippen molar-refractivity contribution in [3.8, 4) is 17.2 Å². The number of carbonyl (C=O) groups is 1. The first kappa shape index (κ1) is 26.2. The van der Waals surface area contributed by atoms with Crippen molar-refractivity contribution < 1.29 is 14.3 Å². The van der Waals surface area contributed by atoms with Gasteiger partial charge in [-0.1, -0.05) is 13.0 Å². The van der Waals surface area contributed by atoms with Gasteiger partial charge in [0.15, 0.2) is 5.11 Å².